The molecule has 8 heteroatoms. The van der Waals surface area contributed by atoms with Crippen LogP contribution in [0, 0.1) is 10.1 Å². The number of rotatable bonds is 4. The molecule has 8 nitrogen and oxygen atoms in total. The van der Waals surface area contributed by atoms with E-state index in [4.69, 9.17) is 5.73 Å². The number of carbonyl (C=O) groups is 1. The molecule has 20 heavy (non-hydrogen) atoms. The molecule has 0 spiro atoms. The van der Waals surface area contributed by atoms with E-state index in [9.17, 15) is 14.9 Å². The molecule has 0 bridgehead atoms. The highest BCUT2D eigenvalue weighted by atomic mass is 16.6. The molecule has 1 aromatic rings. The van der Waals surface area contributed by atoms with E-state index in [2.05, 4.69) is 10.3 Å². The third-order valence-corrected chi connectivity index (χ3v) is 3.46. The van der Waals surface area contributed by atoms with Gasteiger partial charge in [0.25, 0.3) is 11.6 Å². The summed E-state index contributed by atoms with van der Waals surface area (Å²) in [7, 11) is 1.88. The minimum atomic E-state index is -0.706. The van der Waals surface area contributed by atoms with Gasteiger partial charge in [0.1, 0.15) is 12.0 Å². The summed E-state index contributed by atoms with van der Waals surface area (Å²) in [6.45, 7) is 1.45. The van der Waals surface area contributed by atoms with Gasteiger partial charge in [0, 0.05) is 25.2 Å². The molecule has 0 saturated carbocycles. The molecule has 0 radical (unpaired) electrons. The van der Waals surface area contributed by atoms with Crippen LogP contribution in [0.2, 0.25) is 0 Å². The Kier molecular flexibility index (Phi) is 4.14. The Morgan fingerprint density at radius 1 is 1.65 bits per heavy atom. The average molecular weight is 279 g/mol. The lowest BCUT2D eigenvalue weighted by Crippen LogP contribution is -2.45. The largest absolute Gasteiger partial charge is 0.365 e. The highest BCUT2D eigenvalue weighted by molar-refractivity contribution is 5.98. The molecule has 0 aliphatic carbocycles. The Labute approximate surface area is 116 Å². The predicted octanol–water partition coefficient (Wildman–Crippen LogP) is 0.277. The summed E-state index contributed by atoms with van der Waals surface area (Å²) in [4.78, 5) is 27.7. The zero-order valence-electron chi connectivity index (χ0n) is 11.2. The third-order valence-electron chi connectivity index (χ3n) is 3.46. The first kappa shape index (κ1) is 14.2. The van der Waals surface area contributed by atoms with E-state index in [1.165, 1.54) is 6.07 Å². The van der Waals surface area contributed by atoms with Crippen LogP contribution in [0.3, 0.4) is 0 Å². The highest BCUT2D eigenvalue weighted by Crippen LogP contribution is 2.25. The molecule has 2 rings (SSSR count). The molecule has 1 fully saturated rings. The van der Waals surface area contributed by atoms with E-state index in [0.29, 0.717) is 18.4 Å². The smallest absolute Gasteiger partial charge is 0.288 e. The minimum absolute atomic E-state index is 0.0935. The lowest BCUT2D eigenvalue weighted by molar-refractivity contribution is -0.385. The first-order chi connectivity index (χ1) is 9.52. The molecule has 1 atom stereocenters. The lowest BCUT2D eigenvalue weighted by atomic mass is 10.1. The summed E-state index contributed by atoms with van der Waals surface area (Å²) in [5, 5.41) is 13.9. The van der Waals surface area contributed by atoms with Crippen LogP contribution < -0.4 is 16.0 Å². The van der Waals surface area contributed by atoms with Crippen molar-refractivity contribution in [3.05, 3.63) is 27.9 Å². The number of hydrogen-bond donors (Lipinski definition) is 2. The van der Waals surface area contributed by atoms with E-state index in [1.54, 1.807) is 0 Å². The Bertz CT molecular complexity index is 534. The van der Waals surface area contributed by atoms with Crippen LogP contribution in [0.1, 0.15) is 23.2 Å². The van der Waals surface area contributed by atoms with Crippen molar-refractivity contribution in [2.75, 3.05) is 25.0 Å². The molecule has 1 aliphatic heterocycles. The standard InChI is InChI=1S/C12H17N5O3/c1-14-8-3-2-4-16(7-8)12-10(11(13)18)5-9(6-15-12)17(19)20/h5-6,8,14H,2-4,7H2,1H3,(H2,13,18). The Morgan fingerprint density at radius 2 is 2.40 bits per heavy atom. The number of likely N-dealkylation sites (N-methyl/N-ethyl adjacent to an activating group) is 1. The zero-order chi connectivity index (χ0) is 14.7. The summed E-state index contributed by atoms with van der Waals surface area (Å²) in [5.74, 6) is -0.286. The quantitative estimate of drug-likeness (QED) is 0.604. The number of piperidine rings is 1. The van der Waals surface area contributed by atoms with Gasteiger partial charge in [-0.2, -0.15) is 0 Å². The molecule has 0 aromatic carbocycles. The number of nitrogens with one attached hydrogen (secondary N) is 1. The van der Waals surface area contributed by atoms with Crippen molar-refractivity contribution in [1.82, 2.24) is 10.3 Å². The lowest BCUT2D eigenvalue weighted by Gasteiger charge is -2.34. The molecule has 1 saturated heterocycles. The molecule has 1 aromatic heterocycles. The van der Waals surface area contributed by atoms with Crippen LogP contribution in [0.5, 0.6) is 0 Å². The van der Waals surface area contributed by atoms with Gasteiger partial charge in [-0.25, -0.2) is 4.98 Å². The Balaban J connectivity index is 2.35. The maximum Gasteiger partial charge on any atom is 0.288 e. The zero-order valence-corrected chi connectivity index (χ0v) is 11.2. The molecule has 1 aliphatic rings. The van der Waals surface area contributed by atoms with Gasteiger partial charge in [0.2, 0.25) is 0 Å². The molecular formula is C12H17N5O3. The number of anilines is 1. The third kappa shape index (κ3) is 2.85. The van der Waals surface area contributed by atoms with Gasteiger partial charge < -0.3 is 16.0 Å². The van der Waals surface area contributed by atoms with Crippen LogP contribution in [-0.2, 0) is 0 Å². The van der Waals surface area contributed by atoms with Crippen LogP contribution in [0.4, 0.5) is 11.5 Å². The van der Waals surface area contributed by atoms with Crippen molar-refractivity contribution >= 4 is 17.4 Å². The molecule has 108 valence electrons. The van der Waals surface area contributed by atoms with Crippen LogP contribution in [0.15, 0.2) is 12.3 Å². The van der Waals surface area contributed by atoms with Crippen molar-refractivity contribution in [2.24, 2.45) is 5.73 Å². The van der Waals surface area contributed by atoms with Crippen molar-refractivity contribution in [1.29, 1.82) is 0 Å². The van der Waals surface area contributed by atoms with Gasteiger partial charge >= 0.3 is 0 Å². The summed E-state index contributed by atoms with van der Waals surface area (Å²) in [6, 6.07) is 1.50. The molecule has 1 amide bonds. The number of carbonyl (C=O) groups excluding carboxylic acids is 1. The summed E-state index contributed by atoms with van der Waals surface area (Å²) < 4.78 is 0. The van der Waals surface area contributed by atoms with Gasteiger partial charge in [-0.1, -0.05) is 0 Å². The fourth-order valence-electron chi connectivity index (χ4n) is 2.38. The number of hydrogen-bond acceptors (Lipinski definition) is 6. The minimum Gasteiger partial charge on any atom is -0.365 e. The normalized spacial score (nSPS) is 18.9. The number of nitrogens with two attached hydrogens (primary N) is 1. The number of amides is 1. The topological polar surface area (TPSA) is 114 Å². The summed E-state index contributed by atoms with van der Waals surface area (Å²) in [6.07, 6.45) is 3.17. The van der Waals surface area contributed by atoms with Gasteiger partial charge in [-0.05, 0) is 19.9 Å². The van der Waals surface area contributed by atoms with Gasteiger partial charge in [-0.15, -0.1) is 0 Å². The number of aromatic nitrogens is 1. The van der Waals surface area contributed by atoms with Crippen LogP contribution in [-0.4, -0.2) is 42.0 Å². The first-order valence-electron chi connectivity index (χ1n) is 6.39. The fraction of sp³-hybridized carbons (Fsp3) is 0.500. The molecule has 1 unspecified atom stereocenters. The number of pyridine rings is 1. The van der Waals surface area contributed by atoms with Crippen LogP contribution >= 0.6 is 0 Å². The SMILES string of the molecule is CNC1CCCN(c2ncc([N+](=O)[O-])cc2C(N)=O)C1. The van der Waals surface area contributed by atoms with Crippen molar-refractivity contribution in [2.45, 2.75) is 18.9 Å². The van der Waals surface area contributed by atoms with Crippen molar-refractivity contribution in [3.63, 3.8) is 0 Å². The molecular weight excluding hydrogens is 262 g/mol. The maximum absolute atomic E-state index is 11.5. The fourth-order valence-corrected chi connectivity index (χ4v) is 2.38. The Morgan fingerprint density at radius 3 is 3.00 bits per heavy atom. The highest BCUT2D eigenvalue weighted by Gasteiger charge is 2.25. The summed E-state index contributed by atoms with van der Waals surface area (Å²) in [5.41, 5.74) is 5.18. The van der Waals surface area contributed by atoms with E-state index in [-0.39, 0.29) is 11.3 Å². The summed E-state index contributed by atoms with van der Waals surface area (Å²) >= 11 is 0. The molecule has 3 N–H and O–H groups in total. The first-order valence-corrected chi connectivity index (χ1v) is 6.39. The van der Waals surface area contributed by atoms with E-state index < -0.39 is 10.8 Å². The van der Waals surface area contributed by atoms with Crippen molar-refractivity contribution < 1.29 is 9.72 Å². The van der Waals surface area contributed by atoms with E-state index in [1.807, 2.05) is 11.9 Å². The van der Waals surface area contributed by atoms with Gasteiger partial charge in [-0.3, -0.25) is 14.9 Å². The Hall–Kier alpha value is -2.22. The second-order valence-corrected chi connectivity index (χ2v) is 4.76. The average Bonchev–Trinajstić information content (AvgIpc) is 2.46. The van der Waals surface area contributed by atoms with Crippen molar-refractivity contribution in [3.8, 4) is 0 Å². The van der Waals surface area contributed by atoms with Crippen LogP contribution in [0.25, 0.3) is 0 Å². The number of primary amides is 1. The number of nitrogens with zero attached hydrogens (tertiary/aromatic N) is 3. The number of nitro groups is 1. The second-order valence-electron chi connectivity index (χ2n) is 4.76. The van der Waals surface area contributed by atoms with Gasteiger partial charge in [0.05, 0.1) is 10.5 Å². The van der Waals surface area contributed by atoms with E-state index >= 15 is 0 Å². The van der Waals surface area contributed by atoms with E-state index in [0.717, 1.165) is 25.6 Å². The molecule has 2 heterocycles. The maximum atomic E-state index is 11.5. The second kappa shape index (κ2) is 5.83. The predicted molar refractivity (Wildman–Crippen MR) is 73.7 cm³/mol. The van der Waals surface area contributed by atoms with Gasteiger partial charge in [0.15, 0.2) is 0 Å². The monoisotopic (exact) mass is 279 g/mol.